The predicted octanol–water partition coefficient (Wildman–Crippen LogP) is 6.28. The van der Waals surface area contributed by atoms with Gasteiger partial charge in [-0.3, -0.25) is 57.5 Å². The van der Waals surface area contributed by atoms with Crippen molar-refractivity contribution in [1.82, 2.24) is 60.0 Å². The van der Waals surface area contributed by atoms with Crippen LogP contribution in [0.4, 0.5) is 26.3 Å². The quantitative estimate of drug-likeness (QED) is 0.143. The van der Waals surface area contributed by atoms with E-state index in [1.165, 1.54) is 74.4 Å². The topological polar surface area (TPSA) is 289 Å². The molecule has 110 heavy (non-hydrogen) atoms. The highest BCUT2D eigenvalue weighted by Gasteiger charge is 2.56. The monoisotopic (exact) mass is 1580 g/mol. The molecule has 12 amide bonds. The third-order valence-corrected chi connectivity index (χ3v) is 26.8. The minimum absolute atomic E-state index is 0.0239. The number of nitrogens with zero attached hydrogens (tertiary/aromatic N) is 9. The maximum absolute atomic E-state index is 15.7. The van der Waals surface area contributed by atoms with Crippen LogP contribution < -0.4 is 16.0 Å². The van der Waals surface area contributed by atoms with E-state index in [1.54, 1.807) is 20.8 Å². The van der Waals surface area contributed by atoms with E-state index < -0.39 is 203 Å². The Labute approximate surface area is 647 Å². The summed E-state index contributed by atoms with van der Waals surface area (Å²) in [6.07, 6.45) is -7.70. The van der Waals surface area contributed by atoms with Gasteiger partial charge in [0.1, 0.15) is 59.9 Å². The zero-order chi connectivity index (χ0) is 80.8. The van der Waals surface area contributed by atoms with Crippen molar-refractivity contribution in [2.75, 3.05) is 94.3 Å². The molecule has 5 heterocycles. The molecule has 9 aliphatic rings. The van der Waals surface area contributed by atoms with Crippen LogP contribution in [-0.2, 0) is 67.0 Å². The lowest BCUT2D eigenvalue weighted by Crippen LogP contribution is -2.68. The van der Waals surface area contributed by atoms with Crippen molar-refractivity contribution >= 4 is 82.5 Å². The predicted molar refractivity (Wildman–Crippen MR) is 392 cm³/mol. The van der Waals surface area contributed by atoms with Gasteiger partial charge in [0.05, 0.1) is 44.1 Å². The fourth-order valence-corrected chi connectivity index (χ4v) is 19.0. The minimum Gasteiger partial charge on any atom is -0.378 e. The first-order valence-corrected chi connectivity index (χ1v) is 40.7. The van der Waals surface area contributed by atoms with Gasteiger partial charge in [0.2, 0.25) is 70.9 Å². The highest BCUT2D eigenvalue weighted by Crippen LogP contribution is 2.46. The molecule has 5 saturated heterocycles. The Morgan fingerprint density at radius 2 is 1.27 bits per heavy atom. The number of halogens is 7. The first-order chi connectivity index (χ1) is 51.9. The van der Waals surface area contributed by atoms with Crippen molar-refractivity contribution in [2.45, 2.75) is 273 Å². The summed E-state index contributed by atoms with van der Waals surface area (Å²) in [6.45, 7) is 10.5. The second kappa shape index (κ2) is 37.1. The van der Waals surface area contributed by atoms with Crippen molar-refractivity contribution in [3.8, 4) is 0 Å². The normalized spacial score (nSPS) is 33.9. The molecule has 0 aromatic heterocycles. The van der Waals surface area contributed by atoms with Crippen molar-refractivity contribution in [1.29, 1.82) is 0 Å². The summed E-state index contributed by atoms with van der Waals surface area (Å²) >= 11 is 6.45. The molecule has 26 nitrogen and oxygen atoms in total. The SMILES string of the molecule is CCO[C@@H]1C[C@H]2C(=O)NC3(CCC3)C(=O)N(C)[C@@H](C3CCCC3)C(=O)N(C)[C@H](C(=O)N3CCOCC3)CC(=O)N(C)[C@@H](CC)C(=O)N[C@@H]([C@@H](C)CC)C(=O)N3CC[C@H]3C(=O)N(C)[C@H]3C[C@@H](C)[C@@H](C)CN(C3=O)[C@@H](CC3CCC(C(F)(F)F)CC3)C(=O)N(C)CC(=O)N[C@@H](CCC3CCC(C(F)(F)F)C(Cl)C3)C(=O)N2C1. The number of hydrogen-bond donors (Lipinski definition) is 3. The fraction of sp³-hybridized carbons (Fsp3) is 0.844. The minimum atomic E-state index is -4.57. The van der Waals surface area contributed by atoms with E-state index >= 15 is 47.9 Å². The van der Waals surface area contributed by atoms with Crippen LogP contribution in [0.2, 0.25) is 0 Å². The smallest absolute Gasteiger partial charge is 0.378 e. The van der Waals surface area contributed by atoms with Gasteiger partial charge in [-0.05, 0) is 158 Å². The largest absolute Gasteiger partial charge is 0.393 e. The van der Waals surface area contributed by atoms with Crippen molar-refractivity contribution in [2.24, 2.45) is 47.3 Å². The van der Waals surface area contributed by atoms with E-state index in [0.717, 1.165) is 4.90 Å². The Kier molecular flexibility index (Phi) is 29.5. The molecule has 4 saturated carbocycles. The second-order valence-corrected chi connectivity index (χ2v) is 33.8. The van der Waals surface area contributed by atoms with E-state index in [1.807, 2.05) is 20.8 Å². The molecule has 1 spiro atoms. The maximum atomic E-state index is 15.7. The third-order valence-electron chi connectivity index (χ3n) is 26.3. The zero-order valence-electron chi connectivity index (χ0n) is 66.0. The molecule has 0 aromatic rings. The summed E-state index contributed by atoms with van der Waals surface area (Å²) in [5.41, 5.74) is -1.63. The third kappa shape index (κ3) is 19.8. The number of ether oxygens (including phenoxy) is 2. The average molecular weight is 1590 g/mol. The Hall–Kier alpha value is -6.57. The van der Waals surface area contributed by atoms with Crippen LogP contribution in [0.15, 0.2) is 0 Å². The molecule has 3 N–H and O–H groups in total. The van der Waals surface area contributed by atoms with Crippen LogP contribution in [-0.4, -0.2) is 293 Å². The molecule has 620 valence electrons. The van der Waals surface area contributed by atoms with Crippen molar-refractivity contribution in [3.05, 3.63) is 0 Å². The summed E-state index contributed by atoms with van der Waals surface area (Å²) in [5.74, 6) is -14.4. The lowest BCUT2D eigenvalue weighted by molar-refractivity contribution is -0.184. The summed E-state index contributed by atoms with van der Waals surface area (Å²) in [6, 6.07) is -11.9. The Bertz CT molecular complexity index is 3320. The molecule has 16 atom stereocenters. The van der Waals surface area contributed by atoms with Gasteiger partial charge in [-0.1, -0.05) is 53.9 Å². The van der Waals surface area contributed by atoms with Crippen LogP contribution in [0.3, 0.4) is 0 Å². The number of carbonyl (C=O) groups is 12. The average Bonchev–Trinajstić information content (AvgIpc) is 1.18. The van der Waals surface area contributed by atoms with Gasteiger partial charge in [-0.25, -0.2) is 0 Å². The number of nitrogens with one attached hydrogen (secondary N) is 3. The first kappa shape index (κ1) is 87.4. The van der Waals surface area contributed by atoms with Crippen molar-refractivity contribution in [3.63, 3.8) is 0 Å². The number of morpholine rings is 1. The molecule has 5 aliphatic heterocycles. The van der Waals surface area contributed by atoms with E-state index in [4.69, 9.17) is 21.1 Å². The van der Waals surface area contributed by atoms with Crippen LogP contribution in [0.5, 0.6) is 0 Å². The van der Waals surface area contributed by atoms with Gasteiger partial charge < -0.3 is 69.5 Å². The van der Waals surface area contributed by atoms with E-state index in [0.29, 0.717) is 38.5 Å². The number of rotatable bonds is 12. The van der Waals surface area contributed by atoms with Crippen LogP contribution in [0.25, 0.3) is 0 Å². The molecule has 0 radical (unpaired) electrons. The molecule has 2 bridgehead atoms. The highest BCUT2D eigenvalue weighted by atomic mass is 35.5. The van der Waals surface area contributed by atoms with Gasteiger partial charge in [0.15, 0.2) is 0 Å². The second-order valence-electron chi connectivity index (χ2n) is 33.3. The van der Waals surface area contributed by atoms with Gasteiger partial charge in [0.25, 0.3) is 0 Å². The van der Waals surface area contributed by atoms with E-state index in [2.05, 4.69) is 16.0 Å². The van der Waals surface area contributed by atoms with Crippen LogP contribution >= 0.6 is 11.6 Å². The highest BCUT2D eigenvalue weighted by molar-refractivity contribution is 6.21. The Balaban J connectivity index is 1.11. The number of likely N-dealkylation sites (N-methyl/N-ethyl adjacent to an activating group) is 5. The van der Waals surface area contributed by atoms with Crippen LogP contribution in [0, 0.1) is 47.3 Å². The molecule has 0 aromatic carbocycles. The molecule has 3 unspecified atom stereocenters. The Morgan fingerprint density at radius 3 is 1.85 bits per heavy atom. The number of carbonyl (C=O) groups excluding carboxylic acids is 12. The Morgan fingerprint density at radius 1 is 0.618 bits per heavy atom. The van der Waals surface area contributed by atoms with E-state index in [9.17, 15) is 35.9 Å². The number of alkyl halides is 7. The zero-order valence-corrected chi connectivity index (χ0v) is 66.7. The molecule has 9 rings (SSSR count). The van der Waals surface area contributed by atoms with Crippen LogP contribution in [0.1, 0.15) is 189 Å². The molecule has 4 aliphatic carbocycles. The summed E-state index contributed by atoms with van der Waals surface area (Å²) in [4.78, 5) is 195. The molecule has 33 heteroatoms. The standard InChI is InChI=1S/C77H119ClF6N12O14/c1-12-44(4)63-72(106)94-31-28-56(94)69(103)90(9)58-36-45(5)46(6)41-95(71(58)105)60(38-48-20-24-50(25-21-48)76(79,80)81)68(102)88(7)43-61(97)85-54(27-23-47-22-26-52(53(78)37-47)77(82,83)84)67(101)96-42-51(110-14-3)39-57(96)66(100)87-75(29-17-30-75)74(108)92(11)64(49-18-15-16-19-49)73(107)91(10)59(70(104)93-32-34-109-35-33-93)40-62(98)89(8)55(13-2)65(99)86-63/h44-60,63-64H,12-43H2,1-11H3,(H,85,97)(H,86,99)(H,87,100)/t44-,45+,46-,47?,48?,50?,51+,52?,53?,54-,55-,56-,57-,58-,59-,60-,63-,64-/m0/s1. The van der Waals surface area contributed by atoms with Crippen molar-refractivity contribution < 1.29 is 93.4 Å². The number of amides is 12. The van der Waals surface area contributed by atoms with Gasteiger partial charge in [0, 0.05) is 86.4 Å². The lowest BCUT2D eigenvalue weighted by atomic mass is 9.74. The summed E-state index contributed by atoms with van der Waals surface area (Å²) in [5, 5.41) is 7.41. The molecular weight excluding hydrogens is 1470 g/mol. The lowest BCUT2D eigenvalue weighted by Gasteiger charge is -2.47. The fourth-order valence-electron chi connectivity index (χ4n) is 18.5. The molecule has 9 fully saturated rings. The number of hydrogen-bond acceptors (Lipinski definition) is 14. The first-order valence-electron chi connectivity index (χ1n) is 40.3. The van der Waals surface area contributed by atoms with Gasteiger partial charge >= 0.3 is 12.4 Å². The molecular formula is C77H119ClF6N12O14. The van der Waals surface area contributed by atoms with Gasteiger partial charge in [-0.15, -0.1) is 11.6 Å². The maximum Gasteiger partial charge on any atom is 0.393 e. The summed E-state index contributed by atoms with van der Waals surface area (Å²) < 4.78 is 96.8. The number of fused-ring (bicyclic) bond motifs is 4. The summed E-state index contributed by atoms with van der Waals surface area (Å²) in [7, 11) is 6.98. The van der Waals surface area contributed by atoms with Gasteiger partial charge in [-0.2, -0.15) is 26.3 Å². The van der Waals surface area contributed by atoms with E-state index in [-0.39, 0.29) is 167 Å².